The molecule has 5 rings (SSSR count). The van der Waals surface area contributed by atoms with Gasteiger partial charge in [0.1, 0.15) is 0 Å². The second-order valence-electron chi connectivity index (χ2n) is 9.77. The van der Waals surface area contributed by atoms with Crippen LogP contribution in [0.5, 0.6) is 0 Å². The van der Waals surface area contributed by atoms with Gasteiger partial charge < -0.3 is 18.9 Å². The van der Waals surface area contributed by atoms with Crippen LogP contribution in [-0.4, -0.2) is 66.4 Å². The number of hydrogen-bond donors (Lipinski definition) is 0. The average Bonchev–Trinajstić information content (AvgIpc) is 2.94. The molecule has 166 valence electrons. The maximum atomic E-state index is 6.72. The molecule has 0 amide bonds. The maximum Gasteiger partial charge on any atom is 0.494 e. The van der Waals surface area contributed by atoms with E-state index in [2.05, 4.69) is 57.7 Å². The lowest BCUT2D eigenvalue weighted by Gasteiger charge is -2.46. The van der Waals surface area contributed by atoms with Crippen LogP contribution in [0.4, 0.5) is 5.69 Å². The molecule has 31 heavy (non-hydrogen) atoms. The third-order valence-corrected chi connectivity index (χ3v) is 8.21. The quantitative estimate of drug-likeness (QED) is 0.505. The van der Waals surface area contributed by atoms with Crippen molar-refractivity contribution < 1.29 is 14.0 Å². The van der Waals surface area contributed by atoms with E-state index in [9.17, 15) is 0 Å². The zero-order valence-corrected chi connectivity index (χ0v) is 20.5. The molecule has 3 aliphatic rings. The first-order valence-electron chi connectivity index (χ1n) is 11.0. The molecule has 0 aliphatic carbocycles. The third-order valence-electron chi connectivity index (χ3n) is 7.29. The van der Waals surface area contributed by atoms with Crippen LogP contribution in [0.2, 0.25) is 5.02 Å². The number of hydrogen-bond acceptors (Lipinski definition) is 6. The van der Waals surface area contributed by atoms with Gasteiger partial charge in [-0.05, 0) is 45.6 Å². The Morgan fingerprint density at radius 1 is 1.16 bits per heavy atom. The summed E-state index contributed by atoms with van der Waals surface area (Å²) in [5.74, 6) is 0. The fraction of sp³-hybridized carbons (Fsp3) is 0.591. The Morgan fingerprint density at radius 2 is 1.90 bits per heavy atom. The Morgan fingerprint density at radius 3 is 2.65 bits per heavy atom. The van der Waals surface area contributed by atoms with Crippen LogP contribution in [0.1, 0.15) is 34.1 Å². The van der Waals surface area contributed by atoms with Gasteiger partial charge in [-0.2, -0.15) is 0 Å². The van der Waals surface area contributed by atoms with E-state index in [0.717, 1.165) is 54.7 Å². The van der Waals surface area contributed by atoms with Gasteiger partial charge in [-0.15, -0.1) is 0 Å². The Bertz CT molecular complexity index is 991. The highest BCUT2D eigenvalue weighted by atomic mass is 35.5. The van der Waals surface area contributed by atoms with E-state index in [0.29, 0.717) is 11.1 Å². The molecule has 0 bridgehead atoms. The molecular weight excluding hydrogens is 431 g/mol. The molecular formula is C22H30BClN3O3P. The van der Waals surface area contributed by atoms with Crippen molar-refractivity contribution in [2.45, 2.75) is 57.5 Å². The summed E-state index contributed by atoms with van der Waals surface area (Å²) in [4.78, 5) is 6.92. The fourth-order valence-corrected chi connectivity index (χ4v) is 5.46. The summed E-state index contributed by atoms with van der Waals surface area (Å²) in [6.07, 6.45) is 2.96. The zero-order chi connectivity index (χ0) is 22.0. The highest BCUT2D eigenvalue weighted by Crippen LogP contribution is 2.39. The number of ether oxygens (including phenoxy) is 1. The standard InChI is InChI=1S/C22H30BClN3O3P/c1-21(2)22(3,4)30-23(29-21)14-5-6-17-15(11-14)20(16(24)12-25-17)26-8-7-18-19(13-26)28-10-9-27(18)31/h5-6,11-12,18-19H,7-10,13,31H2,1-4H3/t18?,19-/m0/s1. The summed E-state index contributed by atoms with van der Waals surface area (Å²) < 4.78 is 21.0. The lowest BCUT2D eigenvalue weighted by molar-refractivity contribution is -0.0423. The van der Waals surface area contributed by atoms with Crippen molar-refractivity contribution >= 4 is 50.2 Å². The number of aromatic nitrogens is 1. The zero-order valence-electron chi connectivity index (χ0n) is 18.6. The first kappa shape index (κ1) is 21.9. The van der Waals surface area contributed by atoms with Crippen LogP contribution in [0.15, 0.2) is 24.4 Å². The maximum absolute atomic E-state index is 6.72. The van der Waals surface area contributed by atoms with Gasteiger partial charge in [-0.3, -0.25) is 9.65 Å². The van der Waals surface area contributed by atoms with Gasteiger partial charge in [0.25, 0.3) is 0 Å². The van der Waals surface area contributed by atoms with Gasteiger partial charge in [-0.1, -0.05) is 33.1 Å². The second kappa shape index (κ2) is 7.83. The topological polar surface area (TPSA) is 47.1 Å². The lowest BCUT2D eigenvalue weighted by Crippen LogP contribution is -2.56. The van der Waals surface area contributed by atoms with Crippen LogP contribution in [0.25, 0.3) is 10.9 Å². The summed E-state index contributed by atoms with van der Waals surface area (Å²) in [6, 6.07) is 6.63. The molecule has 0 N–H and O–H groups in total. The minimum absolute atomic E-state index is 0.172. The predicted octanol–water partition coefficient (Wildman–Crippen LogP) is 3.26. The van der Waals surface area contributed by atoms with Gasteiger partial charge in [0.2, 0.25) is 0 Å². The number of nitrogens with zero attached hydrogens (tertiary/aromatic N) is 3. The fourth-order valence-electron chi connectivity index (χ4n) is 4.74. The van der Waals surface area contributed by atoms with Crippen molar-refractivity contribution in [2.75, 3.05) is 31.1 Å². The summed E-state index contributed by atoms with van der Waals surface area (Å²) in [5, 5.41) is 1.69. The van der Waals surface area contributed by atoms with Crippen molar-refractivity contribution in [3.05, 3.63) is 29.4 Å². The normalized spacial score (nSPS) is 28.2. The molecule has 6 nitrogen and oxygen atoms in total. The Hall–Kier alpha value is -0.945. The molecule has 0 spiro atoms. The molecule has 3 aliphatic heterocycles. The molecule has 1 aromatic heterocycles. The van der Waals surface area contributed by atoms with Crippen molar-refractivity contribution in [1.29, 1.82) is 0 Å². The smallest absolute Gasteiger partial charge is 0.399 e. The minimum atomic E-state index is -0.417. The third kappa shape index (κ3) is 3.78. The first-order valence-corrected chi connectivity index (χ1v) is 11.9. The molecule has 1 aromatic carbocycles. The van der Waals surface area contributed by atoms with Gasteiger partial charge in [0.05, 0.1) is 40.1 Å². The second-order valence-corrected chi connectivity index (χ2v) is 10.8. The molecule has 2 unspecified atom stereocenters. The Balaban J connectivity index is 1.50. The number of morpholine rings is 1. The van der Waals surface area contributed by atoms with E-state index in [-0.39, 0.29) is 17.3 Å². The first-order chi connectivity index (χ1) is 14.7. The lowest BCUT2D eigenvalue weighted by atomic mass is 9.78. The van der Waals surface area contributed by atoms with Gasteiger partial charge in [0, 0.05) is 37.3 Å². The molecule has 9 heteroatoms. The average molecular weight is 462 g/mol. The number of anilines is 1. The number of rotatable bonds is 2. The van der Waals surface area contributed by atoms with Crippen molar-refractivity contribution in [3.8, 4) is 0 Å². The van der Waals surface area contributed by atoms with E-state index < -0.39 is 7.12 Å². The summed E-state index contributed by atoms with van der Waals surface area (Å²) in [6.45, 7) is 11.7. The van der Waals surface area contributed by atoms with Crippen LogP contribution in [-0.2, 0) is 14.0 Å². The van der Waals surface area contributed by atoms with E-state index in [1.54, 1.807) is 6.20 Å². The summed E-state index contributed by atoms with van der Waals surface area (Å²) in [7, 11) is 2.45. The number of piperidine rings is 1. The Kier molecular flexibility index (Phi) is 5.52. The van der Waals surface area contributed by atoms with E-state index in [4.69, 9.17) is 25.6 Å². The molecule has 4 heterocycles. The number of halogens is 1. The number of pyridine rings is 1. The molecule has 2 aromatic rings. The van der Waals surface area contributed by atoms with Gasteiger partial charge >= 0.3 is 7.12 Å². The van der Waals surface area contributed by atoms with Crippen molar-refractivity contribution in [3.63, 3.8) is 0 Å². The van der Waals surface area contributed by atoms with E-state index >= 15 is 0 Å². The van der Waals surface area contributed by atoms with Crippen LogP contribution >= 0.6 is 21.0 Å². The summed E-state index contributed by atoms with van der Waals surface area (Å²) in [5.41, 5.74) is 2.15. The van der Waals surface area contributed by atoms with E-state index in [1.165, 1.54) is 0 Å². The SMILES string of the molecule is CC1(C)OB(c2ccc3ncc(Cl)c(N4CCC5[C@H](C4)OCCN5P)c3c2)OC1(C)C. The number of fused-ring (bicyclic) bond motifs is 2. The molecule has 3 atom stereocenters. The van der Waals surface area contributed by atoms with Crippen LogP contribution < -0.4 is 10.4 Å². The van der Waals surface area contributed by atoms with Gasteiger partial charge in [0.15, 0.2) is 0 Å². The minimum Gasteiger partial charge on any atom is -0.399 e. The molecule has 3 saturated heterocycles. The van der Waals surface area contributed by atoms with Crippen LogP contribution in [0, 0.1) is 0 Å². The van der Waals surface area contributed by atoms with Crippen LogP contribution in [0.3, 0.4) is 0 Å². The molecule has 0 radical (unpaired) electrons. The predicted molar refractivity (Wildman–Crippen MR) is 129 cm³/mol. The highest BCUT2D eigenvalue weighted by Gasteiger charge is 2.51. The number of benzene rings is 1. The molecule has 0 saturated carbocycles. The van der Waals surface area contributed by atoms with Crippen molar-refractivity contribution in [2.24, 2.45) is 0 Å². The molecule has 3 fully saturated rings. The summed E-state index contributed by atoms with van der Waals surface area (Å²) >= 11 is 6.72. The largest absolute Gasteiger partial charge is 0.494 e. The van der Waals surface area contributed by atoms with Crippen molar-refractivity contribution in [1.82, 2.24) is 9.65 Å². The highest BCUT2D eigenvalue weighted by molar-refractivity contribution is 7.13. The van der Waals surface area contributed by atoms with Gasteiger partial charge in [-0.25, -0.2) is 0 Å². The monoisotopic (exact) mass is 461 g/mol. The van der Waals surface area contributed by atoms with E-state index in [1.807, 2.05) is 12.1 Å². The Labute approximate surface area is 192 Å².